The van der Waals surface area contributed by atoms with Gasteiger partial charge >= 0.3 is 0 Å². The molecule has 1 amide bonds. The van der Waals surface area contributed by atoms with E-state index in [0.29, 0.717) is 5.91 Å². The van der Waals surface area contributed by atoms with Crippen LogP contribution in [0.15, 0.2) is 17.1 Å². The first-order valence-corrected chi connectivity index (χ1v) is 8.69. The number of allylic oxidation sites excluding steroid dienone is 1. The number of nitrogens with one attached hydrogen (secondary N) is 2. The number of carbonyl (C=O) groups excluding carboxylic acids is 1. The topological polar surface area (TPSA) is 56.7 Å². The molecular formula is C17H32N4O. The van der Waals surface area contributed by atoms with Crippen LogP contribution in [0.1, 0.15) is 52.4 Å². The van der Waals surface area contributed by atoms with E-state index in [4.69, 9.17) is 0 Å². The fourth-order valence-electron chi connectivity index (χ4n) is 2.51. The summed E-state index contributed by atoms with van der Waals surface area (Å²) in [6.45, 7) is 8.36. The van der Waals surface area contributed by atoms with E-state index in [9.17, 15) is 4.79 Å². The van der Waals surface area contributed by atoms with Gasteiger partial charge in [-0.3, -0.25) is 9.79 Å². The second-order valence-corrected chi connectivity index (χ2v) is 5.59. The average Bonchev–Trinajstić information content (AvgIpc) is 2.72. The van der Waals surface area contributed by atoms with Gasteiger partial charge in [0.05, 0.1) is 0 Å². The van der Waals surface area contributed by atoms with Crippen molar-refractivity contribution in [1.29, 1.82) is 0 Å². The van der Waals surface area contributed by atoms with Crippen molar-refractivity contribution in [3.05, 3.63) is 12.2 Å². The molecule has 0 aromatic carbocycles. The normalized spacial score (nSPS) is 16.9. The van der Waals surface area contributed by atoms with E-state index < -0.39 is 0 Å². The Kier molecular flexibility index (Phi) is 10.2. The first-order valence-electron chi connectivity index (χ1n) is 8.69. The van der Waals surface area contributed by atoms with Gasteiger partial charge in [0, 0.05) is 39.1 Å². The summed E-state index contributed by atoms with van der Waals surface area (Å²) in [7, 11) is 0. The Balaban J connectivity index is 2.28. The lowest BCUT2D eigenvalue weighted by molar-refractivity contribution is -0.130. The standard InChI is InChI=1S/C17H32N4O/c1-3-5-8-12-19-17(18-4-2)20-13-10-15-21-14-9-6-7-11-16(21)22/h3,5H,4,6-15H2,1-2H3,(H2,18,19,20)/b5-3+. The summed E-state index contributed by atoms with van der Waals surface area (Å²) >= 11 is 0. The maximum Gasteiger partial charge on any atom is 0.222 e. The van der Waals surface area contributed by atoms with Crippen LogP contribution in [0.4, 0.5) is 0 Å². The molecule has 126 valence electrons. The molecule has 5 nitrogen and oxygen atoms in total. The predicted octanol–water partition coefficient (Wildman–Crippen LogP) is 2.30. The van der Waals surface area contributed by atoms with E-state index in [2.05, 4.69) is 34.7 Å². The van der Waals surface area contributed by atoms with E-state index in [0.717, 1.165) is 70.8 Å². The zero-order valence-corrected chi connectivity index (χ0v) is 14.2. The summed E-state index contributed by atoms with van der Waals surface area (Å²) in [6, 6.07) is 0. The van der Waals surface area contributed by atoms with E-state index in [1.54, 1.807) is 0 Å². The molecule has 1 heterocycles. The minimum absolute atomic E-state index is 0.317. The summed E-state index contributed by atoms with van der Waals surface area (Å²) in [4.78, 5) is 18.5. The van der Waals surface area contributed by atoms with Crippen LogP contribution in [0, 0.1) is 0 Å². The van der Waals surface area contributed by atoms with Crippen molar-refractivity contribution in [2.24, 2.45) is 4.99 Å². The smallest absolute Gasteiger partial charge is 0.222 e. The Hall–Kier alpha value is -1.52. The molecule has 0 radical (unpaired) electrons. The second-order valence-electron chi connectivity index (χ2n) is 5.59. The molecule has 1 rings (SSSR count). The van der Waals surface area contributed by atoms with Gasteiger partial charge in [0.2, 0.25) is 5.91 Å². The molecule has 0 aliphatic carbocycles. The molecule has 0 aromatic heterocycles. The minimum atomic E-state index is 0.317. The Morgan fingerprint density at radius 1 is 1.32 bits per heavy atom. The van der Waals surface area contributed by atoms with Gasteiger partial charge in [-0.25, -0.2) is 0 Å². The van der Waals surface area contributed by atoms with Crippen LogP contribution >= 0.6 is 0 Å². The highest BCUT2D eigenvalue weighted by Gasteiger charge is 2.15. The molecule has 0 aromatic rings. The predicted molar refractivity (Wildman–Crippen MR) is 93.1 cm³/mol. The molecule has 0 unspecified atom stereocenters. The van der Waals surface area contributed by atoms with Gasteiger partial charge in [-0.1, -0.05) is 18.6 Å². The largest absolute Gasteiger partial charge is 0.357 e. The van der Waals surface area contributed by atoms with Gasteiger partial charge in [0.25, 0.3) is 0 Å². The summed E-state index contributed by atoms with van der Waals surface area (Å²) in [6.07, 6.45) is 10.2. The van der Waals surface area contributed by atoms with Crippen LogP contribution in [0.2, 0.25) is 0 Å². The minimum Gasteiger partial charge on any atom is -0.357 e. The Bertz CT molecular complexity index is 366. The summed E-state index contributed by atoms with van der Waals surface area (Å²) in [5, 5.41) is 6.57. The lowest BCUT2D eigenvalue weighted by Gasteiger charge is -2.20. The molecule has 2 N–H and O–H groups in total. The highest BCUT2D eigenvalue weighted by Crippen LogP contribution is 2.11. The molecule has 1 aliphatic rings. The van der Waals surface area contributed by atoms with Crippen molar-refractivity contribution in [3.8, 4) is 0 Å². The molecule has 0 saturated carbocycles. The quantitative estimate of drug-likeness (QED) is 0.313. The van der Waals surface area contributed by atoms with Gasteiger partial charge in [0.15, 0.2) is 5.96 Å². The number of hydrogen-bond donors (Lipinski definition) is 2. The highest BCUT2D eigenvalue weighted by atomic mass is 16.2. The molecule has 1 aliphatic heterocycles. The Labute approximate surface area is 135 Å². The number of rotatable bonds is 8. The van der Waals surface area contributed by atoms with Gasteiger partial charge < -0.3 is 15.5 Å². The number of nitrogens with zero attached hydrogens (tertiary/aromatic N) is 2. The van der Waals surface area contributed by atoms with Gasteiger partial charge in [0.1, 0.15) is 0 Å². The highest BCUT2D eigenvalue weighted by molar-refractivity contribution is 5.79. The van der Waals surface area contributed by atoms with Gasteiger partial charge in [-0.15, -0.1) is 0 Å². The molecule has 0 spiro atoms. The molecule has 0 atom stereocenters. The van der Waals surface area contributed by atoms with Gasteiger partial charge in [-0.2, -0.15) is 0 Å². The number of amides is 1. The van der Waals surface area contributed by atoms with Crippen LogP contribution in [0.25, 0.3) is 0 Å². The SMILES string of the molecule is C/C=C/CCNC(=NCCCN1CCCCCC1=O)NCC. The summed E-state index contributed by atoms with van der Waals surface area (Å²) in [5.74, 6) is 1.19. The number of aliphatic imine (C=N–C) groups is 1. The fourth-order valence-corrected chi connectivity index (χ4v) is 2.51. The monoisotopic (exact) mass is 308 g/mol. The van der Waals surface area contributed by atoms with Crippen molar-refractivity contribution in [1.82, 2.24) is 15.5 Å². The summed E-state index contributed by atoms with van der Waals surface area (Å²) in [5.41, 5.74) is 0. The Morgan fingerprint density at radius 2 is 2.18 bits per heavy atom. The van der Waals surface area contributed by atoms with Crippen molar-refractivity contribution in [3.63, 3.8) is 0 Å². The van der Waals surface area contributed by atoms with Gasteiger partial charge in [-0.05, 0) is 39.5 Å². The third-order valence-corrected chi connectivity index (χ3v) is 3.71. The fraction of sp³-hybridized carbons (Fsp3) is 0.765. The molecule has 22 heavy (non-hydrogen) atoms. The maximum atomic E-state index is 11.9. The molecule has 1 saturated heterocycles. The van der Waals surface area contributed by atoms with Crippen LogP contribution in [0.5, 0.6) is 0 Å². The van der Waals surface area contributed by atoms with Crippen LogP contribution in [0.3, 0.4) is 0 Å². The maximum absolute atomic E-state index is 11.9. The second kappa shape index (κ2) is 12.1. The zero-order chi connectivity index (χ0) is 16.0. The van der Waals surface area contributed by atoms with Crippen molar-refractivity contribution in [2.45, 2.75) is 52.4 Å². The lowest BCUT2D eigenvalue weighted by atomic mass is 10.2. The lowest BCUT2D eigenvalue weighted by Crippen LogP contribution is -2.38. The number of guanidine groups is 1. The third kappa shape index (κ3) is 8.05. The van der Waals surface area contributed by atoms with E-state index in [1.807, 2.05) is 11.8 Å². The first kappa shape index (κ1) is 18.5. The van der Waals surface area contributed by atoms with Crippen molar-refractivity contribution in [2.75, 3.05) is 32.7 Å². The van der Waals surface area contributed by atoms with E-state index >= 15 is 0 Å². The zero-order valence-electron chi connectivity index (χ0n) is 14.2. The van der Waals surface area contributed by atoms with Crippen LogP contribution in [-0.4, -0.2) is 49.5 Å². The number of likely N-dealkylation sites (tertiary alicyclic amines) is 1. The number of hydrogen-bond acceptors (Lipinski definition) is 2. The summed E-state index contributed by atoms with van der Waals surface area (Å²) < 4.78 is 0. The third-order valence-electron chi connectivity index (χ3n) is 3.71. The van der Waals surface area contributed by atoms with Crippen molar-refractivity contribution >= 4 is 11.9 Å². The molecule has 0 bridgehead atoms. The van der Waals surface area contributed by atoms with Crippen LogP contribution in [-0.2, 0) is 4.79 Å². The van der Waals surface area contributed by atoms with Crippen LogP contribution < -0.4 is 10.6 Å². The van der Waals surface area contributed by atoms with Crippen molar-refractivity contribution < 1.29 is 4.79 Å². The molecular weight excluding hydrogens is 276 g/mol. The number of carbonyl (C=O) groups is 1. The first-order chi connectivity index (χ1) is 10.8. The van der Waals surface area contributed by atoms with E-state index in [1.165, 1.54) is 6.42 Å². The van der Waals surface area contributed by atoms with E-state index in [-0.39, 0.29) is 0 Å². The average molecular weight is 308 g/mol. The molecule has 5 heteroatoms. The molecule has 1 fully saturated rings. The Morgan fingerprint density at radius 3 is 2.95 bits per heavy atom.